The van der Waals surface area contributed by atoms with Crippen LogP contribution in [0.15, 0.2) is 4.42 Å². The van der Waals surface area contributed by atoms with Gasteiger partial charge in [0, 0.05) is 5.56 Å². The average molecular weight is 251 g/mol. The van der Waals surface area contributed by atoms with Crippen LogP contribution in [0, 0.1) is 20.8 Å². The summed E-state index contributed by atoms with van der Waals surface area (Å²) in [5, 5.41) is 12.8. The number of nitrogens with one attached hydrogen (secondary N) is 1. The van der Waals surface area contributed by atoms with Crippen molar-refractivity contribution < 1.29 is 14.3 Å². The lowest BCUT2D eigenvalue weighted by Gasteiger charge is -2.28. The van der Waals surface area contributed by atoms with Gasteiger partial charge in [-0.3, -0.25) is 4.79 Å². The molecule has 1 saturated carbocycles. The van der Waals surface area contributed by atoms with E-state index in [1.165, 1.54) is 0 Å². The molecule has 1 fully saturated rings. The first-order chi connectivity index (χ1) is 8.50. The zero-order valence-electron chi connectivity index (χ0n) is 11.2. The van der Waals surface area contributed by atoms with Crippen LogP contribution in [-0.4, -0.2) is 23.2 Å². The number of hydrogen-bond donors (Lipinski definition) is 2. The summed E-state index contributed by atoms with van der Waals surface area (Å²) in [5.41, 5.74) is 1.50. The number of aliphatic hydroxyl groups is 1. The monoisotopic (exact) mass is 251 g/mol. The predicted molar refractivity (Wildman–Crippen MR) is 68.6 cm³/mol. The Morgan fingerprint density at radius 1 is 1.22 bits per heavy atom. The molecule has 1 amide bonds. The van der Waals surface area contributed by atoms with Gasteiger partial charge >= 0.3 is 0 Å². The number of aliphatic hydroxyl groups excluding tert-OH is 1. The van der Waals surface area contributed by atoms with Crippen molar-refractivity contribution in [1.82, 2.24) is 5.32 Å². The lowest BCUT2D eigenvalue weighted by molar-refractivity contribution is 0.0716. The smallest absolute Gasteiger partial charge is 0.255 e. The first kappa shape index (κ1) is 13.1. The summed E-state index contributed by atoms with van der Waals surface area (Å²) in [4.78, 5) is 12.2. The Bertz CT molecular complexity index is 450. The third kappa shape index (κ3) is 2.43. The van der Waals surface area contributed by atoms with Crippen LogP contribution in [0.2, 0.25) is 0 Å². The molecule has 1 aliphatic rings. The molecule has 100 valence electrons. The van der Waals surface area contributed by atoms with E-state index < -0.39 is 6.10 Å². The van der Waals surface area contributed by atoms with Crippen molar-refractivity contribution in [2.24, 2.45) is 0 Å². The van der Waals surface area contributed by atoms with E-state index in [1.54, 1.807) is 6.92 Å². The highest BCUT2D eigenvalue weighted by Crippen LogP contribution is 2.23. The van der Waals surface area contributed by atoms with E-state index in [1.807, 2.05) is 13.8 Å². The summed E-state index contributed by atoms with van der Waals surface area (Å²) >= 11 is 0. The number of aryl methyl sites for hydroxylation is 2. The maximum absolute atomic E-state index is 12.2. The summed E-state index contributed by atoms with van der Waals surface area (Å²) in [6, 6.07) is -0.125. The van der Waals surface area contributed by atoms with Gasteiger partial charge in [-0.2, -0.15) is 0 Å². The number of carbonyl (C=O) groups excluding carboxylic acids is 1. The molecular weight excluding hydrogens is 230 g/mol. The number of carbonyl (C=O) groups is 1. The minimum absolute atomic E-state index is 0.125. The molecule has 1 aliphatic carbocycles. The molecule has 0 aromatic carbocycles. The van der Waals surface area contributed by atoms with Crippen molar-refractivity contribution in [3.8, 4) is 0 Å². The van der Waals surface area contributed by atoms with Gasteiger partial charge in [0.25, 0.3) is 5.91 Å². The highest BCUT2D eigenvalue weighted by atomic mass is 16.3. The van der Waals surface area contributed by atoms with Gasteiger partial charge in [0.15, 0.2) is 0 Å². The second kappa shape index (κ2) is 5.14. The fourth-order valence-electron chi connectivity index (χ4n) is 2.65. The van der Waals surface area contributed by atoms with Gasteiger partial charge in [-0.15, -0.1) is 0 Å². The maximum Gasteiger partial charge on any atom is 0.255 e. The van der Waals surface area contributed by atoms with Crippen LogP contribution in [-0.2, 0) is 0 Å². The Kier molecular flexibility index (Phi) is 3.76. The first-order valence-electron chi connectivity index (χ1n) is 6.56. The molecule has 2 unspecified atom stereocenters. The molecule has 1 aromatic rings. The third-order valence-electron chi connectivity index (χ3n) is 3.83. The molecule has 2 N–H and O–H groups in total. The Morgan fingerprint density at radius 2 is 1.89 bits per heavy atom. The van der Waals surface area contributed by atoms with Crippen molar-refractivity contribution >= 4 is 5.91 Å². The fraction of sp³-hybridized carbons (Fsp3) is 0.643. The fourth-order valence-corrected chi connectivity index (χ4v) is 2.65. The van der Waals surface area contributed by atoms with Gasteiger partial charge in [0.05, 0.1) is 17.7 Å². The van der Waals surface area contributed by atoms with Crippen molar-refractivity contribution in [1.29, 1.82) is 0 Å². The lowest BCUT2D eigenvalue weighted by atomic mass is 9.92. The molecule has 4 nitrogen and oxygen atoms in total. The van der Waals surface area contributed by atoms with Gasteiger partial charge in [0.2, 0.25) is 0 Å². The Labute approximate surface area is 107 Å². The van der Waals surface area contributed by atoms with E-state index in [0.29, 0.717) is 11.3 Å². The second-order valence-corrected chi connectivity index (χ2v) is 5.15. The lowest BCUT2D eigenvalue weighted by Crippen LogP contribution is -2.45. The van der Waals surface area contributed by atoms with Gasteiger partial charge in [-0.1, -0.05) is 12.8 Å². The molecule has 0 aliphatic heterocycles. The maximum atomic E-state index is 12.2. The third-order valence-corrected chi connectivity index (χ3v) is 3.83. The molecule has 18 heavy (non-hydrogen) atoms. The SMILES string of the molecule is Cc1oc(C)c(C(=O)NC2CCCCC2O)c1C. The molecular formula is C14H21NO3. The highest BCUT2D eigenvalue weighted by Gasteiger charge is 2.27. The Balaban J connectivity index is 2.12. The van der Waals surface area contributed by atoms with Crippen molar-refractivity contribution in [3.05, 3.63) is 22.6 Å². The summed E-state index contributed by atoms with van der Waals surface area (Å²) in [6.07, 6.45) is 3.30. The zero-order chi connectivity index (χ0) is 13.3. The van der Waals surface area contributed by atoms with Crippen LogP contribution in [0.5, 0.6) is 0 Å². The summed E-state index contributed by atoms with van der Waals surface area (Å²) in [5.74, 6) is 1.29. The van der Waals surface area contributed by atoms with Crippen molar-refractivity contribution in [2.45, 2.75) is 58.6 Å². The first-order valence-corrected chi connectivity index (χ1v) is 6.56. The van der Waals surface area contributed by atoms with Gasteiger partial charge in [-0.25, -0.2) is 0 Å². The molecule has 1 heterocycles. The quantitative estimate of drug-likeness (QED) is 0.847. The Hall–Kier alpha value is -1.29. The predicted octanol–water partition coefficient (Wildman–Crippen LogP) is 2.24. The zero-order valence-corrected chi connectivity index (χ0v) is 11.2. The number of rotatable bonds is 2. The average Bonchev–Trinajstić information content (AvgIpc) is 2.56. The van der Waals surface area contributed by atoms with Crippen LogP contribution in [0.4, 0.5) is 0 Å². The number of furan rings is 1. The summed E-state index contributed by atoms with van der Waals surface area (Å²) in [6.45, 7) is 5.54. The second-order valence-electron chi connectivity index (χ2n) is 5.15. The molecule has 0 bridgehead atoms. The minimum Gasteiger partial charge on any atom is -0.466 e. The number of amides is 1. The van der Waals surface area contributed by atoms with E-state index in [-0.39, 0.29) is 11.9 Å². The van der Waals surface area contributed by atoms with Gasteiger partial charge < -0.3 is 14.8 Å². The van der Waals surface area contributed by atoms with E-state index in [2.05, 4.69) is 5.32 Å². The van der Waals surface area contributed by atoms with Crippen LogP contribution in [0.25, 0.3) is 0 Å². The van der Waals surface area contributed by atoms with E-state index in [9.17, 15) is 9.90 Å². The molecule has 2 rings (SSSR count). The van der Waals surface area contributed by atoms with Crippen LogP contribution in [0.3, 0.4) is 0 Å². The van der Waals surface area contributed by atoms with Crippen LogP contribution in [0.1, 0.15) is 53.1 Å². The molecule has 0 radical (unpaired) electrons. The van der Waals surface area contributed by atoms with Crippen LogP contribution >= 0.6 is 0 Å². The van der Waals surface area contributed by atoms with Crippen molar-refractivity contribution in [2.75, 3.05) is 0 Å². The minimum atomic E-state index is -0.420. The largest absolute Gasteiger partial charge is 0.466 e. The molecule has 4 heteroatoms. The van der Waals surface area contributed by atoms with E-state index in [4.69, 9.17) is 4.42 Å². The van der Waals surface area contributed by atoms with Gasteiger partial charge in [-0.05, 0) is 33.6 Å². The molecule has 2 atom stereocenters. The number of hydrogen-bond acceptors (Lipinski definition) is 3. The molecule has 1 aromatic heterocycles. The van der Waals surface area contributed by atoms with Crippen LogP contribution < -0.4 is 5.32 Å². The van der Waals surface area contributed by atoms with Gasteiger partial charge in [0.1, 0.15) is 11.5 Å². The highest BCUT2D eigenvalue weighted by molar-refractivity contribution is 5.97. The Morgan fingerprint density at radius 3 is 2.44 bits per heavy atom. The van der Waals surface area contributed by atoms with Crippen molar-refractivity contribution in [3.63, 3.8) is 0 Å². The summed E-state index contributed by atoms with van der Waals surface area (Å²) < 4.78 is 5.46. The topological polar surface area (TPSA) is 62.5 Å². The van der Waals surface area contributed by atoms with E-state index in [0.717, 1.165) is 37.0 Å². The van der Waals surface area contributed by atoms with E-state index >= 15 is 0 Å². The standard InChI is InChI=1S/C14H21NO3/c1-8-9(2)18-10(3)13(8)14(17)15-11-6-4-5-7-12(11)16/h11-12,16H,4-7H2,1-3H3,(H,15,17). The summed E-state index contributed by atoms with van der Waals surface area (Å²) in [7, 11) is 0. The molecule has 0 saturated heterocycles. The molecule has 0 spiro atoms. The normalized spacial score (nSPS) is 24.0.